The Kier molecular flexibility index (Phi) is 4.81. The van der Waals surface area contributed by atoms with Crippen LogP contribution in [-0.4, -0.2) is 20.9 Å². The van der Waals surface area contributed by atoms with Gasteiger partial charge in [-0.1, -0.05) is 24.3 Å². The summed E-state index contributed by atoms with van der Waals surface area (Å²) in [5, 5.41) is 0. The smallest absolute Gasteiger partial charge is 0.237 e. The van der Waals surface area contributed by atoms with Crippen molar-refractivity contribution in [2.75, 3.05) is 16.2 Å². The lowest BCUT2D eigenvalue weighted by atomic mass is 10.00. The van der Waals surface area contributed by atoms with Gasteiger partial charge in [-0.15, -0.1) is 0 Å². The number of fused-ring (bicyclic) bond motifs is 1. The summed E-state index contributed by atoms with van der Waals surface area (Å²) in [7, 11) is -3.76. The minimum atomic E-state index is -3.76. The van der Waals surface area contributed by atoms with E-state index < -0.39 is 15.8 Å². The number of nitrogens with one attached hydrogen (secondary N) is 1. The molecule has 2 saturated carbocycles. The minimum Gasteiger partial charge on any atom is -0.312 e. The van der Waals surface area contributed by atoms with E-state index in [9.17, 15) is 17.6 Å². The Morgan fingerprint density at radius 2 is 1.77 bits per heavy atom. The summed E-state index contributed by atoms with van der Waals surface area (Å²) in [4.78, 5) is 14.0. The predicted molar refractivity (Wildman–Crippen MR) is 114 cm³/mol. The molecule has 1 N–H and O–H groups in total. The van der Waals surface area contributed by atoms with Crippen LogP contribution in [-0.2, 0) is 27.0 Å². The molecule has 5 nitrogen and oxygen atoms in total. The number of amides is 1. The van der Waals surface area contributed by atoms with Crippen LogP contribution < -0.4 is 9.62 Å². The Labute approximate surface area is 176 Å². The second-order valence-electron chi connectivity index (χ2n) is 8.79. The first-order valence-electron chi connectivity index (χ1n) is 10.6. The molecule has 2 aliphatic carbocycles. The highest BCUT2D eigenvalue weighted by molar-refractivity contribution is 7.91. The topological polar surface area (TPSA) is 66.5 Å². The van der Waals surface area contributed by atoms with Crippen LogP contribution in [0.25, 0.3) is 0 Å². The van der Waals surface area contributed by atoms with E-state index in [1.807, 2.05) is 24.3 Å². The zero-order valence-electron chi connectivity index (χ0n) is 16.7. The molecular weight excluding hydrogens is 403 g/mol. The summed E-state index contributed by atoms with van der Waals surface area (Å²) in [6.07, 6.45) is 5.45. The number of hydrogen-bond donors (Lipinski definition) is 1. The molecular formula is C23H25FN2O3S. The van der Waals surface area contributed by atoms with Crippen LogP contribution in [0.4, 0.5) is 15.8 Å². The van der Waals surface area contributed by atoms with Crippen molar-refractivity contribution in [3.63, 3.8) is 0 Å². The van der Waals surface area contributed by atoms with E-state index in [4.69, 9.17) is 0 Å². The van der Waals surface area contributed by atoms with Gasteiger partial charge in [-0.25, -0.2) is 12.8 Å². The SMILES string of the molecule is O=C1CCc2cc(NS(=O)(=O)Cc3ccc(C4CC4)cc3)c(F)cc2N1CC1CC1. The summed E-state index contributed by atoms with van der Waals surface area (Å²) < 4.78 is 42.5. The zero-order chi connectivity index (χ0) is 20.9. The van der Waals surface area contributed by atoms with Crippen molar-refractivity contribution in [1.82, 2.24) is 0 Å². The number of anilines is 2. The molecule has 1 aliphatic heterocycles. The van der Waals surface area contributed by atoms with Crippen LogP contribution in [0.2, 0.25) is 0 Å². The molecule has 0 radical (unpaired) electrons. The van der Waals surface area contributed by atoms with Gasteiger partial charge < -0.3 is 4.90 Å². The molecule has 3 aliphatic rings. The molecule has 2 aromatic rings. The third kappa shape index (κ3) is 4.21. The molecule has 1 heterocycles. The number of sulfonamides is 1. The van der Waals surface area contributed by atoms with Crippen molar-refractivity contribution < 1.29 is 17.6 Å². The molecule has 1 amide bonds. The summed E-state index contributed by atoms with van der Waals surface area (Å²) in [6.45, 7) is 0.618. The predicted octanol–water partition coefficient (Wildman–Crippen LogP) is 4.33. The molecule has 2 fully saturated rings. The number of carbonyl (C=O) groups excluding carboxylic acids is 1. The number of rotatable bonds is 7. The number of benzene rings is 2. The molecule has 0 saturated heterocycles. The highest BCUT2D eigenvalue weighted by Crippen LogP contribution is 2.40. The average molecular weight is 429 g/mol. The molecule has 0 bridgehead atoms. The van der Waals surface area contributed by atoms with E-state index >= 15 is 0 Å². The van der Waals surface area contributed by atoms with E-state index in [1.165, 1.54) is 24.5 Å². The highest BCUT2D eigenvalue weighted by atomic mass is 32.2. The Morgan fingerprint density at radius 3 is 2.43 bits per heavy atom. The van der Waals surface area contributed by atoms with E-state index in [0.717, 1.165) is 18.4 Å². The summed E-state index contributed by atoms with van der Waals surface area (Å²) in [6, 6.07) is 10.5. The van der Waals surface area contributed by atoms with Crippen LogP contribution >= 0.6 is 0 Å². The van der Waals surface area contributed by atoms with E-state index in [0.29, 0.717) is 42.5 Å². The maximum absolute atomic E-state index is 14.8. The van der Waals surface area contributed by atoms with Crippen LogP contribution in [0.5, 0.6) is 0 Å². The van der Waals surface area contributed by atoms with Crippen LogP contribution in [0.15, 0.2) is 36.4 Å². The largest absolute Gasteiger partial charge is 0.312 e. The van der Waals surface area contributed by atoms with E-state index in [-0.39, 0.29) is 17.3 Å². The van der Waals surface area contributed by atoms with Gasteiger partial charge in [0.2, 0.25) is 15.9 Å². The van der Waals surface area contributed by atoms with Crippen LogP contribution in [0.3, 0.4) is 0 Å². The van der Waals surface area contributed by atoms with Gasteiger partial charge in [-0.3, -0.25) is 9.52 Å². The monoisotopic (exact) mass is 428 g/mol. The summed E-state index contributed by atoms with van der Waals surface area (Å²) in [5.41, 5.74) is 3.25. The van der Waals surface area contributed by atoms with Gasteiger partial charge in [0.15, 0.2) is 0 Å². The fourth-order valence-corrected chi connectivity index (χ4v) is 5.33. The first-order valence-corrected chi connectivity index (χ1v) is 12.3. The molecule has 2 aromatic carbocycles. The fraction of sp³-hybridized carbons (Fsp3) is 0.435. The third-order valence-corrected chi connectivity index (χ3v) is 7.40. The summed E-state index contributed by atoms with van der Waals surface area (Å²) in [5.74, 6) is 0.256. The second-order valence-corrected chi connectivity index (χ2v) is 10.5. The second kappa shape index (κ2) is 7.38. The van der Waals surface area contributed by atoms with Crippen molar-refractivity contribution in [3.8, 4) is 0 Å². The standard InChI is InChI=1S/C23H25FN2O3S/c24-20-12-22-19(9-10-23(27)26(22)13-15-1-2-15)11-21(20)25-30(28,29)14-16-3-5-17(6-4-16)18-7-8-18/h3-6,11-12,15,18,25H,1-2,7-10,13-14H2. The minimum absolute atomic E-state index is 0.0109. The molecule has 0 atom stereocenters. The maximum Gasteiger partial charge on any atom is 0.237 e. The Hall–Kier alpha value is -2.41. The molecule has 0 unspecified atom stereocenters. The van der Waals surface area contributed by atoms with Gasteiger partial charge in [0.1, 0.15) is 5.82 Å². The Bertz CT molecular complexity index is 1090. The normalized spacial score (nSPS) is 19.0. The van der Waals surface area contributed by atoms with Crippen molar-refractivity contribution in [3.05, 3.63) is 58.9 Å². The Balaban J connectivity index is 1.34. The van der Waals surface area contributed by atoms with Gasteiger partial charge >= 0.3 is 0 Å². The third-order valence-electron chi connectivity index (χ3n) is 6.16. The van der Waals surface area contributed by atoms with Crippen molar-refractivity contribution >= 4 is 27.3 Å². The quantitative estimate of drug-likeness (QED) is 0.714. The van der Waals surface area contributed by atoms with Crippen molar-refractivity contribution in [2.24, 2.45) is 5.92 Å². The lowest BCUT2D eigenvalue weighted by molar-refractivity contribution is -0.118. The van der Waals surface area contributed by atoms with Gasteiger partial charge in [0.05, 0.1) is 11.4 Å². The molecule has 0 aromatic heterocycles. The molecule has 5 rings (SSSR count). The Morgan fingerprint density at radius 1 is 1.03 bits per heavy atom. The first-order chi connectivity index (χ1) is 14.4. The molecule has 7 heteroatoms. The van der Waals surface area contributed by atoms with E-state index in [1.54, 1.807) is 11.0 Å². The molecule has 158 valence electrons. The fourth-order valence-electron chi connectivity index (χ4n) is 4.13. The van der Waals surface area contributed by atoms with Crippen molar-refractivity contribution in [2.45, 2.75) is 50.2 Å². The van der Waals surface area contributed by atoms with E-state index in [2.05, 4.69) is 4.72 Å². The number of carbonyl (C=O) groups is 1. The van der Waals surface area contributed by atoms with Gasteiger partial charge in [0, 0.05) is 24.7 Å². The maximum atomic E-state index is 14.8. The first kappa shape index (κ1) is 19.5. The van der Waals surface area contributed by atoms with Gasteiger partial charge in [-0.2, -0.15) is 0 Å². The zero-order valence-corrected chi connectivity index (χ0v) is 17.6. The number of hydrogen-bond acceptors (Lipinski definition) is 3. The molecule has 30 heavy (non-hydrogen) atoms. The van der Waals surface area contributed by atoms with Gasteiger partial charge in [-0.05, 0) is 66.7 Å². The summed E-state index contributed by atoms with van der Waals surface area (Å²) >= 11 is 0. The average Bonchev–Trinajstić information content (AvgIpc) is 3.60. The van der Waals surface area contributed by atoms with Crippen molar-refractivity contribution in [1.29, 1.82) is 0 Å². The number of halogens is 1. The van der Waals surface area contributed by atoms with Crippen LogP contribution in [0, 0.1) is 11.7 Å². The number of nitrogens with zero attached hydrogens (tertiary/aromatic N) is 1. The highest BCUT2D eigenvalue weighted by Gasteiger charge is 2.32. The lowest BCUT2D eigenvalue weighted by Crippen LogP contribution is -2.36. The van der Waals surface area contributed by atoms with Gasteiger partial charge in [0.25, 0.3) is 0 Å². The van der Waals surface area contributed by atoms with Crippen LogP contribution in [0.1, 0.15) is 54.7 Å². The number of aryl methyl sites for hydroxylation is 1. The lowest BCUT2D eigenvalue weighted by Gasteiger charge is -2.30. The molecule has 0 spiro atoms.